The van der Waals surface area contributed by atoms with E-state index in [0.29, 0.717) is 36.0 Å². The van der Waals surface area contributed by atoms with Crippen LogP contribution >= 0.6 is 0 Å². The van der Waals surface area contributed by atoms with E-state index in [1.54, 1.807) is 12.1 Å². The summed E-state index contributed by atoms with van der Waals surface area (Å²) in [5.41, 5.74) is 3.06. The van der Waals surface area contributed by atoms with Gasteiger partial charge in [0.2, 0.25) is 0 Å². The summed E-state index contributed by atoms with van der Waals surface area (Å²) in [4.78, 5) is 0. The van der Waals surface area contributed by atoms with Crippen LogP contribution in [0.25, 0.3) is 21.9 Å². The Hall–Kier alpha value is -3.54. The second-order valence-electron chi connectivity index (χ2n) is 7.99. The van der Waals surface area contributed by atoms with Crippen LogP contribution in [0, 0.1) is 11.6 Å². The maximum Gasteiger partial charge on any atom is 0.387 e. The molecule has 176 valence electrons. The van der Waals surface area contributed by atoms with Crippen molar-refractivity contribution >= 4 is 10.8 Å². The smallest absolute Gasteiger partial charge is 0.387 e. The predicted molar refractivity (Wildman–Crippen MR) is 126 cm³/mol. The molecule has 4 aromatic carbocycles. The highest BCUT2D eigenvalue weighted by Gasteiger charge is 2.12. The average Bonchev–Trinajstić information content (AvgIpc) is 2.84. The fourth-order valence-electron chi connectivity index (χ4n) is 3.84. The molecule has 0 atom stereocenters. The van der Waals surface area contributed by atoms with Crippen molar-refractivity contribution in [3.63, 3.8) is 0 Å². The number of rotatable bonds is 9. The Morgan fingerprint density at radius 2 is 1.56 bits per heavy atom. The molecule has 0 amide bonds. The molecule has 0 radical (unpaired) electrons. The third-order valence-electron chi connectivity index (χ3n) is 5.59. The fourth-order valence-corrected chi connectivity index (χ4v) is 3.84. The van der Waals surface area contributed by atoms with Gasteiger partial charge in [0, 0.05) is 5.39 Å². The van der Waals surface area contributed by atoms with E-state index in [0.717, 1.165) is 40.8 Å². The Morgan fingerprint density at radius 3 is 2.26 bits per heavy atom. The summed E-state index contributed by atoms with van der Waals surface area (Å²) in [5, 5.41) is 1.29. The molecule has 34 heavy (non-hydrogen) atoms. The maximum absolute atomic E-state index is 15.2. The van der Waals surface area contributed by atoms with Gasteiger partial charge >= 0.3 is 6.61 Å². The molecule has 0 N–H and O–H groups in total. The SMILES string of the molecule is CCCOc1ccc(-c2ccc3c(F)c(CCc4ccc(OC(F)F)c(F)c4)ccc3c2)cc1. The number of hydrogen-bond acceptors (Lipinski definition) is 2. The molecule has 0 spiro atoms. The van der Waals surface area contributed by atoms with Crippen molar-refractivity contribution in [3.8, 4) is 22.6 Å². The zero-order valence-electron chi connectivity index (χ0n) is 18.7. The van der Waals surface area contributed by atoms with Crippen LogP contribution < -0.4 is 9.47 Å². The molecule has 4 aromatic rings. The maximum atomic E-state index is 15.2. The number of aryl methyl sites for hydroxylation is 2. The lowest BCUT2D eigenvalue weighted by atomic mass is 9.97. The van der Waals surface area contributed by atoms with Crippen LogP contribution in [-0.4, -0.2) is 13.2 Å². The minimum Gasteiger partial charge on any atom is -0.494 e. The third kappa shape index (κ3) is 5.50. The molecule has 0 fully saturated rings. The summed E-state index contributed by atoms with van der Waals surface area (Å²) in [5.74, 6) is -0.868. The van der Waals surface area contributed by atoms with E-state index >= 15 is 4.39 Å². The van der Waals surface area contributed by atoms with E-state index in [9.17, 15) is 13.2 Å². The van der Waals surface area contributed by atoms with E-state index in [4.69, 9.17) is 4.74 Å². The van der Waals surface area contributed by atoms with Gasteiger partial charge in [0.1, 0.15) is 11.6 Å². The van der Waals surface area contributed by atoms with Crippen LogP contribution in [0.4, 0.5) is 17.6 Å². The lowest BCUT2D eigenvalue weighted by molar-refractivity contribution is -0.0522. The first kappa shape index (κ1) is 23.6. The first-order valence-electron chi connectivity index (χ1n) is 11.1. The highest BCUT2D eigenvalue weighted by Crippen LogP contribution is 2.29. The lowest BCUT2D eigenvalue weighted by Gasteiger charge is -2.11. The molecule has 4 rings (SSSR count). The minimum absolute atomic E-state index is 0.314. The van der Waals surface area contributed by atoms with E-state index in [1.807, 2.05) is 42.5 Å². The van der Waals surface area contributed by atoms with Crippen LogP contribution in [0.5, 0.6) is 11.5 Å². The molecule has 0 aliphatic carbocycles. The van der Waals surface area contributed by atoms with E-state index in [1.165, 1.54) is 6.07 Å². The van der Waals surface area contributed by atoms with E-state index in [2.05, 4.69) is 11.7 Å². The summed E-state index contributed by atoms with van der Waals surface area (Å²) >= 11 is 0. The van der Waals surface area contributed by atoms with Crippen molar-refractivity contribution < 1.29 is 27.0 Å². The molecule has 0 unspecified atom stereocenters. The Labute approximate surface area is 195 Å². The van der Waals surface area contributed by atoms with Gasteiger partial charge in [-0.15, -0.1) is 0 Å². The van der Waals surface area contributed by atoms with Gasteiger partial charge in [-0.05, 0) is 77.2 Å². The van der Waals surface area contributed by atoms with Crippen LogP contribution in [0.1, 0.15) is 24.5 Å². The summed E-state index contributed by atoms with van der Waals surface area (Å²) in [6.07, 6.45) is 1.65. The Morgan fingerprint density at radius 1 is 0.794 bits per heavy atom. The molecule has 0 saturated carbocycles. The predicted octanol–water partition coefficient (Wildman–Crippen LogP) is 7.96. The van der Waals surface area contributed by atoms with Gasteiger partial charge in [-0.2, -0.15) is 8.78 Å². The summed E-state index contributed by atoms with van der Waals surface area (Å²) in [6, 6.07) is 20.8. The largest absolute Gasteiger partial charge is 0.494 e. The quantitative estimate of drug-likeness (QED) is 0.232. The van der Waals surface area contributed by atoms with E-state index in [-0.39, 0.29) is 5.82 Å². The van der Waals surface area contributed by atoms with Crippen LogP contribution in [0.2, 0.25) is 0 Å². The molecule has 0 aliphatic heterocycles. The first-order valence-corrected chi connectivity index (χ1v) is 11.1. The molecular weight excluding hydrogens is 444 g/mol. The molecule has 0 aliphatic rings. The molecule has 2 nitrogen and oxygen atoms in total. The van der Waals surface area contributed by atoms with Gasteiger partial charge in [-0.25, -0.2) is 8.78 Å². The zero-order valence-corrected chi connectivity index (χ0v) is 18.7. The zero-order chi connectivity index (χ0) is 24.1. The fraction of sp³-hybridized carbons (Fsp3) is 0.214. The van der Waals surface area contributed by atoms with Crippen molar-refractivity contribution in [2.75, 3.05) is 6.61 Å². The monoisotopic (exact) mass is 468 g/mol. The van der Waals surface area contributed by atoms with E-state index < -0.39 is 18.2 Å². The summed E-state index contributed by atoms with van der Waals surface area (Å²) in [6.45, 7) is -0.365. The summed E-state index contributed by atoms with van der Waals surface area (Å²) in [7, 11) is 0. The number of halogens is 4. The van der Waals surface area contributed by atoms with Gasteiger partial charge in [0.15, 0.2) is 11.6 Å². The Kier molecular flexibility index (Phi) is 7.36. The standard InChI is InChI=1S/C28H24F4O2/c1-2-15-33-23-11-8-19(9-12-23)21-10-13-24-22(17-21)7-6-20(27(24)30)5-3-18-4-14-26(25(29)16-18)34-28(31)32/h4,6-14,16-17,28H,2-3,5,15H2,1H3. The highest BCUT2D eigenvalue weighted by atomic mass is 19.3. The lowest BCUT2D eigenvalue weighted by Crippen LogP contribution is -2.04. The highest BCUT2D eigenvalue weighted by molar-refractivity contribution is 5.88. The van der Waals surface area contributed by atoms with Crippen molar-refractivity contribution in [2.45, 2.75) is 32.8 Å². The second-order valence-corrected chi connectivity index (χ2v) is 7.99. The summed E-state index contributed by atoms with van der Waals surface area (Å²) < 4.78 is 63.4. The van der Waals surface area contributed by atoms with Gasteiger partial charge in [0.05, 0.1) is 6.61 Å². The Balaban J connectivity index is 1.49. The molecule has 6 heteroatoms. The number of ether oxygens (including phenoxy) is 2. The molecule has 0 aromatic heterocycles. The second kappa shape index (κ2) is 10.6. The number of hydrogen-bond donors (Lipinski definition) is 0. The number of fused-ring (bicyclic) bond motifs is 1. The number of benzene rings is 4. The van der Waals surface area contributed by atoms with Crippen molar-refractivity contribution in [1.82, 2.24) is 0 Å². The molecule has 0 bridgehead atoms. The van der Waals surface area contributed by atoms with Crippen LogP contribution in [-0.2, 0) is 12.8 Å². The Bertz CT molecular complexity index is 1270. The van der Waals surface area contributed by atoms with Crippen LogP contribution in [0.3, 0.4) is 0 Å². The minimum atomic E-state index is -3.09. The first-order chi connectivity index (χ1) is 16.4. The van der Waals surface area contributed by atoms with Crippen molar-refractivity contribution in [1.29, 1.82) is 0 Å². The van der Waals surface area contributed by atoms with Crippen LogP contribution in [0.15, 0.2) is 72.8 Å². The van der Waals surface area contributed by atoms with Gasteiger partial charge in [0.25, 0.3) is 0 Å². The average molecular weight is 468 g/mol. The molecule has 0 heterocycles. The number of alkyl halides is 2. The molecular formula is C28H24F4O2. The normalized spacial score (nSPS) is 11.2. The van der Waals surface area contributed by atoms with Gasteiger partial charge in [-0.3, -0.25) is 0 Å². The van der Waals surface area contributed by atoms with Gasteiger partial charge in [-0.1, -0.05) is 49.4 Å². The van der Waals surface area contributed by atoms with Crippen molar-refractivity contribution in [2.24, 2.45) is 0 Å². The third-order valence-corrected chi connectivity index (χ3v) is 5.59. The molecule has 0 saturated heterocycles. The van der Waals surface area contributed by atoms with Crippen molar-refractivity contribution in [3.05, 3.63) is 95.6 Å². The van der Waals surface area contributed by atoms with Gasteiger partial charge < -0.3 is 9.47 Å². The topological polar surface area (TPSA) is 18.5 Å².